The molecule has 17 heavy (non-hydrogen) atoms. The number of hydrogen-bond donors (Lipinski definition) is 0. The number of rotatable bonds is 0. The van der Waals surface area contributed by atoms with Crippen LogP contribution in [0.15, 0.2) is 37.6 Å². The van der Waals surface area contributed by atoms with Gasteiger partial charge in [-0.1, -0.05) is 31.9 Å². The summed E-state index contributed by atoms with van der Waals surface area (Å²) in [5.41, 5.74) is 2.54. The molecule has 3 heteroatoms. The lowest BCUT2D eigenvalue weighted by Gasteiger charge is -1.96. The van der Waals surface area contributed by atoms with Crippen LogP contribution >= 0.6 is 31.9 Å². The third-order valence-corrected chi connectivity index (χ3v) is 3.57. The first kappa shape index (κ1) is 11.3. The number of fused-ring (bicyclic) bond motifs is 3. The maximum atomic E-state index is 5.93. The summed E-state index contributed by atoms with van der Waals surface area (Å²) in [5, 5.41) is 1.92. The average molecular weight is 350 g/mol. The molecule has 0 aliphatic carbocycles. The summed E-state index contributed by atoms with van der Waals surface area (Å²) in [7, 11) is 0. The van der Waals surface area contributed by atoms with Gasteiger partial charge in [0.1, 0.15) is 11.2 Å². The van der Waals surface area contributed by atoms with Crippen LogP contribution in [-0.2, 0) is 0 Å². The second-order valence-electron chi connectivity index (χ2n) is 3.85. The average Bonchev–Trinajstić information content (AvgIpc) is 2.58. The van der Waals surface area contributed by atoms with E-state index in [-0.39, 0.29) is 0 Å². The molecule has 1 heterocycles. The van der Waals surface area contributed by atoms with Gasteiger partial charge in [-0.05, 0) is 24.3 Å². The molecule has 0 spiro atoms. The quantitative estimate of drug-likeness (QED) is 0.541. The fourth-order valence-electron chi connectivity index (χ4n) is 1.96. The van der Waals surface area contributed by atoms with E-state index in [0.29, 0.717) is 22.3 Å². The Bertz CT molecular complexity index is 679. The van der Waals surface area contributed by atoms with Crippen molar-refractivity contribution < 1.29 is 4.42 Å². The maximum absolute atomic E-state index is 5.93. The Labute approximate surface area is 116 Å². The van der Waals surface area contributed by atoms with Gasteiger partial charge in [-0.25, -0.2) is 0 Å². The number of halogens is 2. The molecule has 0 aliphatic heterocycles. The Hall–Kier alpha value is -0.800. The van der Waals surface area contributed by atoms with E-state index in [9.17, 15) is 0 Å². The Morgan fingerprint density at radius 3 is 1.59 bits per heavy atom. The van der Waals surface area contributed by atoms with Crippen molar-refractivity contribution in [1.82, 2.24) is 0 Å². The van der Waals surface area contributed by atoms with Gasteiger partial charge in [-0.3, -0.25) is 0 Å². The van der Waals surface area contributed by atoms with Crippen LogP contribution in [0.3, 0.4) is 0 Å². The van der Waals surface area contributed by atoms with Crippen molar-refractivity contribution in [1.29, 1.82) is 0 Å². The second-order valence-corrected chi connectivity index (χ2v) is 5.68. The summed E-state index contributed by atoms with van der Waals surface area (Å²) < 4.78 is 7.57. The lowest BCUT2D eigenvalue weighted by atomic mass is 10.1. The summed E-state index contributed by atoms with van der Waals surface area (Å²) in [6, 6.07) is 7.58. The van der Waals surface area contributed by atoms with Crippen LogP contribution in [0, 0.1) is 13.8 Å². The van der Waals surface area contributed by atoms with Crippen molar-refractivity contribution in [2.75, 3.05) is 0 Å². The van der Waals surface area contributed by atoms with Crippen molar-refractivity contribution in [3.8, 4) is 0 Å². The van der Waals surface area contributed by atoms with Gasteiger partial charge in [0.15, 0.2) is 0 Å². The zero-order valence-electron chi connectivity index (χ0n) is 8.63. The van der Waals surface area contributed by atoms with Crippen molar-refractivity contribution in [2.24, 2.45) is 0 Å². The van der Waals surface area contributed by atoms with E-state index >= 15 is 0 Å². The highest BCUT2D eigenvalue weighted by Gasteiger charge is 2.12. The van der Waals surface area contributed by atoms with Crippen molar-refractivity contribution >= 4 is 53.8 Å². The molecule has 2 aromatic carbocycles. The third-order valence-electron chi connectivity index (χ3n) is 2.66. The topological polar surface area (TPSA) is 13.1 Å². The Morgan fingerprint density at radius 2 is 1.18 bits per heavy atom. The number of benzene rings is 2. The minimum absolute atomic E-state index is 0.598. The van der Waals surface area contributed by atoms with Crippen LogP contribution in [0.4, 0.5) is 0 Å². The van der Waals surface area contributed by atoms with Crippen LogP contribution in [0.1, 0.15) is 11.1 Å². The Morgan fingerprint density at radius 1 is 0.765 bits per heavy atom. The SMILES string of the molecule is [CH]c1cc(Br)cc2c1oc1c([CH])cc(Br)cc12. The number of furan rings is 1. The molecule has 0 bridgehead atoms. The van der Waals surface area contributed by atoms with Gasteiger partial charge < -0.3 is 4.42 Å². The van der Waals surface area contributed by atoms with Gasteiger partial charge >= 0.3 is 0 Å². The van der Waals surface area contributed by atoms with E-state index in [2.05, 4.69) is 31.9 Å². The van der Waals surface area contributed by atoms with Crippen LogP contribution in [0.2, 0.25) is 0 Å². The first-order valence-corrected chi connectivity index (χ1v) is 6.51. The van der Waals surface area contributed by atoms with E-state index in [4.69, 9.17) is 18.3 Å². The van der Waals surface area contributed by atoms with Gasteiger partial charge in [0.2, 0.25) is 0 Å². The van der Waals surface area contributed by atoms with Crippen LogP contribution < -0.4 is 0 Å². The molecule has 3 rings (SSSR count). The zero-order valence-corrected chi connectivity index (χ0v) is 11.8. The predicted octanol–water partition coefficient (Wildman–Crippen LogP) is 5.23. The minimum Gasteiger partial charge on any atom is -0.455 e. The zero-order chi connectivity index (χ0) is 12.2. The number of hydrogen-bond acceptors (Lipinski definition) is 1. The third kappa shape index (κ3) is 1.72. The molecule has 0 saturated heterocycles. The summed E-state index contributed by atoms with van der Waals surface area (Å²) in [5.74, 6) is 0. The molecule has 82 valence electrons. The lowest BCUT2D eigenvalue weighted by molar-refractivity contribution is 0.665. The first-order valence-electron chi connectivity index (χ1n) is 4.92. The lowest BCUT2D eigenvalue weighted by Crippen LogP contribution is -1.75. The van der Waals surface area contributed by atoms with E-state index in [1.54, 1.807) is 0 Å². The Balaban J connectivity index is 2.60. The monoisotopic (exact) mass is 348 g/mol. The smallest absolute Gasteiger partial charge is 0.139 e. The van der Waals surface area contributed by atoms with E-state index in [0.717, 1.165) is 19.7 Å². The molecule has 0 fully saturated rings. The largest absolute Gasteiger partial charge is 0.455 e. The van der Waals surface area contributed by atoms with E-state index in [1.165, 1.54) is 0 Å². The van der Waals surface area contributed by atoms with Gasteiger partial charge in [0.25, 0.3) is 0 Å². The highest BCUT2D eigenvalue weighted by molar-refractivity contribution is 9.10. The molecule has 3 aromatic rings. The normalized spacial score (nSPS) is 11.5. The van der Waals surface area contributed by atoms with Gasteiger partial charge in [0, 0.05) is 44.7 Å². The van der Waals surface area contributed by atoms with Crippen molar-refractivity contribution in [3.63, 3.8) is 0 Å². The second kappa shape index (κ2) is 3.85. The fourth-order valence-corrected chi connectivity index (χ4v) is 2.91. The molecule has 1 aromatic heterocycles. The van der Waals surface area contributed by atoms with E-state index in [1.807, 2.05) is 24.3 Å². The highest BCUT2D eigenvalue weighted by atomic mass is 79.9. The predicted molar refractivity (Wildman–Crippen MR) is 75.9 cm³/mol. The Kier molecular flexibility index (Phi) is 2.56. The van der Waals surface area contributed by atoms with Crippen molar-refractivity contribution in [3.05, 3.63) is 58.2 Å². The van der Waals surface area contributed by atoms with E-state index < -0.39 is 0 Å². The van der Waals surface area contributed by atoms with Gasteiger partial charge in [-0.2, -0.15) is 0 Å². The molecule has 0 saturated carbocycles. The molecule has 0 atom stereocenters. The molecule has 0 unspecified atom stereocenters. The van der Waals surface area contributed by atoms with Gasteiger partial charge in [0.05, 0.1) is 0 Å². The fraction of sp³-hybridized carbons (Fsp3) is 0. The first-order chi connectivity index (χ1) is 8.06. The summed E-state index contributed by atoms with van der Waals surface area (Å²) >= 11 is 6.85. The van der Waals surface area contributed by atoms with Crippen LogP contribution in [-0.4, -0.2) is 0 Å². The maximum Gasteiger partial charge on any atom is 0.139 e. The molecule has 0 aliphatic rings. The van der Waals surface area contributed by atoms with Crippen molar-refractivity contribution in [2.45, 2.75) is 0 Å². The molecule has 0 amide bonds. The molecular formula is C14H6Br2O. The highest BCUT2D eigenvalue weighted by Crippen LogP contribution is 2.36. The van der Waals surface area contributed by atoms with Crippen LogP contribution in [0.25, 0.3) is 21.9 Å². The van der Waals surface area contributed by atoms with Crippen LogP contribution in [0.5, 0.6) is 0 Å². The molecule has 0 N–H and O–H groups in total. The minimum atomic E-state index is 0.598. The molecule has 4 radical (unpaired) electrons. The molecule has 1 nitrogen and oxygen atoms in total. The molecular weight excluding hydrogens is 344 g/mol. The summed E-state index contributed by atoms with van der Waals surface area (Å²) in [6.07, 6.45) is 0. The summed E-state index contributed by atoms with van der Waals surface area (Å²) in [6.45, 7) is 11.9. The standard InChI is InChI=1S/C14H6Br2O/c1-7-3-9(15)5-11-12-6-10(16)4-8(2)14(12)17-13(7)11/h1-6H. The summed E-state index contributed by atoms with van der Waals surface area (Å²) in [4.78, 5) is 0. The van der Waals surface area contributed by atoms with Gasteiger partial charge in [-0.15, -0.1) is 0 Å².